The van der Waals surface area contributed by atoms with Crippen LogP contribution in [0.4, 0.5) is 16.2 Å². The third kappa shape index (κ3) is 2.64. The summed E-state index contributed by atoms with van der Waals surface area (Å²) in [4.78, 5) is 25.8. The second-order valence-electron chi connectivity index (χ2n) is 6.22. The van der Waals surface area contributed by atoms with E-state index in [0.29, 0.717) is 18.8 Å². The van der Waals surface area contributed by atoms with Crippen molar-refractivity contribution in [1.82, 2.24) is 0 Å². The lowest BCUT2D eigenvalue weighted by Crippen LogP contribution is -2.24. The van der Waals surface area contributed by atoms with Crippen LogP contribution in [0.5, 0.6) is 0 Å². The maximum atomic E-state index is 12.4. The number of carbonyl (C=O) groups is 2. The molecular weight excluding hydrogens is 308 g/mol. The van der Waals surface area contributed by atoms with E-state index in [0.717, 1.165) is 23.4 Å². The molecule has 2 aliphatic rings. The predicted octanol–water partition coefficient (Wildman–Crippen LogP) is 3.29. The van der Waals surface area contributed by atoms with Crippen LogP contribution in [0, 0.1) is 12.8 Å². The first-order chi connectivity index (χ1) is 11.6. The molecule has 1 aromatic carbocycles. The van der Waals surface area contributed by atoms with Gasteiger partial charge >= 0.3 is 6.09 Å². The number of cyclic esters (lactones) is 1. The number of nitrogens with one attached hydrogen (secondary N) is 1. The molecule has 2 heterocycles. The third-order valence-corrected chi connectivity index (χ3v) is 4.56. The van der Waals surface area contributed by atoms with Gasteiger partial charge in [-0.2, -0.15) is 0 Å². The Morgan fingerprint density at radius 2 is 2.21 bits per heavy atom. The Kier molecular flexibility index (Phi) is 3.52. The average Bonchev–Trinajstić information content (AvgIpc) is 2.97. The number of furan rings is 1. The molecule has 2 amide bonds. The van der Waals surface area contributed by atoms with Gasteiger partial charge in [0.15, 0.2) is 0 Å². The van der Waals surface area contributed by atoms with Gasteiger partial charge in [0.1, 0.15) is 12.4 Å². The van der Waals surface area contributed by atoms with Gasteiger partial charge in [0.25, 0.3) is 0 Å². The number of amides is 2. The average molecular weight is 326 g/mol. The highest BCUT2D eigenvalue weighted by atomic mass is 16.6. The topological polar surface area (TPSA) is 71.8 Å². The van der Waals surface area contributed by atoms with E-state index in [9.17, 15) is 9.59 Å². The monoisotopic (exact) mass is 326 g/mol. The Morgan fingerprint density at radius 1 is 1.33 bits per heavy atom. The maximum absolute atomic E-state index is 12.4. The second-order valence-corrected chi connectivity index (χ2v) is 6.22. The molecule has 124 valence electrons. The van der Waals surface area contributed by atoms with E-state index in [-0.39, 0.29) is 23.8 Å². The van der Waals surface area contributed by atoms with E-state index in [4.69, 9.17) is 9.15 Å². The number of rotatable bonds is 4. The Balaban J connectivity index is 1.47. The summed E-state index contributed by atoms with van der Waals surface area (Å²) in [7, 11) is 0. The third-order valence-electron chi connectivity index (χ3n) is 4.56. The number of anilines is 2. The highest BCUT2D eigenvalue weighted by Gasteiger charge is 2.45. The van der Waals surface area contributed by atoms with Crippen molar-refractivity contribution in [3.63, 3.8) is 0 Å². The van der Waals surface area contributed by atoms with Gasteiger partial charge in [-0.15, -0.1) is 0 Å². The molecule has 1 saturated heterocycles. The summed E-state index contributed by atoms with van der Waals surface area (Å²) in [6, 6.07) is 9.31. The van der Waals surface area contributed by atoms with E-state index >= 15 is 0 Å². The number of hydrogen-bond donors (Lipinski definition) is 1. The van der Waals surface area contributed by atoms with Crippen molar-refractivity contribution in [3.05, 3.63) is 47.9 Å². The van der Waals surface area contributed by atoms with Crippen LogP contribution in [0.25, 0.3) is 0 Å². The molecule has 2 unspecified atom stereocenters. The zero-order chi connectivity index (χ0) is 16.7. The van der Waals surface area contributed by atoms with Crippen LogP contribution in [-0.2, 0) is 9.53 Å². The first kappa shape index (κ1) is 14.8. The molecule has 0 spiro atoms. The van der Waals surface area contributed by atoms with E-state index < -0.39 is 0 Å². The van der Waals surface area contributed by atoms with E-state index in [1.807, 2.05) is 37.3 Å². The Bertz CT molecular complexity index is 784. The van der Waals surface area contributed by atoms with E-state index in [1.54, 1.807) is 11.2 Å². The number of hydrogen-bond acceptors (Lipinski definition) is 4. The largest absolute Gasteiger partial charge is 0.469 e. The van der Waals surface area contributed by atoms with Crippen LogP contribution in [-0.4, -0.2) is 25.2 Å². The van der Waals surface area contributed by atoms with Crippen LogP contribution in [0.3, 0.4) is 0 Å². The van der Waals surface area contributed by atoms with Crippen LogP contribution in [0.2, 0.25) is 0 Å². The molecule has 6 heteroatoms. The van der Waals surface area contributed by atoms with Gasteiger partial charge in [0, 0.05) is 17.5 Å². The maximum Gasteiger partial charge on any atom is 0.414 e. The van der Waals surface area contributed by atoms with Gasteiger partial charge < -0.3 is 14.5 Å². The minimum absolute atomic E-state index is 0.0183. The minimum atomic E-state index is -0.346. The number of ether oxygens (including phenoxy) is 1. The molecule has 24 heavy (non-hydrogen) atoms. The lowest BCUT2D eigenvalue weighted by Gasteiger charge is -2.17. The fraction of sp³-hybridized carbons (Fsp3) is 0.333. The Hall–Kier alpha value is -2.76. The summed E-state index contributed by atoms with van der Waals surface area (Å²) in [5.41, 5.74) is 2.42. The van der Waals surface area contributed by atoms with Crippen LogP contribution in [0.15, 0.2) is 41.0 Å². The highest BCUT2D eigenvalue weighted by molar-refractivity contribution is 5.97. The Labute approximate surface area is 139 Å². The van der Waals surface area contributed by atoms with Gasteiger partial charge in [-0.25, -0.2) is 4.79 Å². The van der Waals surface area contributed by atoms with Crippen LogP contribution < -0.4 is 10.2 Å². The van der Waals surface area contributed by atoms with Gasteiger partial charge in [0.2, 0.25) is 5.91 Å². The van der Waals surface area contributed by atoms with Crippen LogP contribution >= 0.6 is 0 Å². The molecular formula is C18H18N2O4. The molecule has 1 aromatic heterocycles. The molecule has 1 N–H and O–H groups in total. The first-order valence-electron chi connectivity index (χ1n) is 8.02. The number of aryl methyl sites for hydroxylation is 1. The predicted molar refractivity (Wildman–Crippen MR) is 88.1 cm³/mol. The lowest BCUT2D eigenvalue weighted by molar-refractivity contribution is -0.117. The quantitative estimate of drug-likeness (QED) is 0.936. The summed E-state index contributed by atoms with van der Waals surface area (Å²) < 4.78 is 10.4. The van der Waals surface area contributed by atoms with Gasteiger partial charge in [0.05, 0.1) is 18.5 Å². The van der Waals surface area contributed by atoms with Gasteiger partial charge in [-0.1, -0.05) is 6.07 Å². The second kappa shape index (κ2) is 5.70. The van der Waals surface area contributed by atoms with Gasteiger partial charge in [-0.05, 0) is 43.2 Å². The summed E-state index contributed by atoms with van der Waals surface area (Å²) in [6.45, 7) is 2.85. The van der Waals surface area contributed by atoms with Crippen molar-refractivity contribution in [1.29, 1.82) is 0 Å². The molecule has 1 aliphatic heterocycles. The molecule has 2 fully saturated rings. The Morgan fingerprint density at radius 3 is 2.92 bits per heavy atom. The molecule has 2 atom stereocenters. The van der Waals surface area contributed by atoms with Crippen molar-refractivity contribution in [3.8, 4) is 0 Å². The zero-order valence-corrected chi connectivity index (χ0v) is 13.3. The summed E-state index contributed by atoms with van der Waals surface area (Å²) in [5.74, 6) is 0.950. The molecule has 4 rings (SSSR count). The van der Waals surface area contributed by atoms with Crippen molar-refractivity contribution >= 4 is 23.4 Å². The lowest BCUT2D eigenvalue weighted by atomic mass is 10.1. The number of benzene rings is 1. The highest BCUT2D eigenvalue weighted by Crippen LogP contribution is 2.48. The molecule has 2 aromatic rings. The van der Waals surface area contributed by atoms with Crippen molar-refractivity contribution in [2.45, 2.75) is 19.3 Å². The number of carbonyl (C=O) groups excluding carboxylic acids is 2. The molecule has 6 nitrogen and oxygen atoms in total. The van der Waals surface area contributed by atoms with Crippen LogP contribution in [0.1, 0.15) is 23.7 Å². The van der Waals surface area contributed by atoms with Crippen molar-refractivity contribution in [2.75, 3.05) is 23.4 Å². The van der Waals surface area contributed by atoms with E-state index in [1.165, 1.54) is 0 Å². The summed E-state index contributed by atoms with van der Waals surface area (Å²) in [5, 5.41) is 2.94. The zero-order valence-electron chi connectivity index (χ0n) is 13.3. The smallest absolute Gasteiger partial charge is 0.414 e. The fourth-order valence-electron chi connectivity index (χ4n) is 3.13. The summed E-state index contributed by atoms with van der Waals surface area (Å²) >= 11 is 0. The SMILES string of the molecule is Cc1ccc(NC(=O)C2CC2c2ccco2)cc1N1CCOC1=O. The number of nitrogens with zero attached hydrogens (tertiary/aromatic N) is 1. The normalized spacial score (nSPS) is 22.4. The minimum Gasteiger partial charge on any atom is -0.469 e. The van der Waals surface area contributed by atoms with Crippen molar-refractivity contribution < 1.29 is 18.7 Å². The standard InChI is InChI=1S/C18H18N2O4/c1-11-4-5-12(9-15(11)20-6-8-24-18(20)22)19-17(21)14-10-13(14)16-3-2-7-23-16/h2-5,7,9,13-14H,6,8,10H2,1H3,(H,19,21). The molecule has 0 bridgehead atoms. The summed E-state index contributed by atoms with van der Waals surface area (Å²) in [6.07, 6.45) is 2.09. The molecule has 1 saturated carbocycles. The molecule has 1 aliphatic carbocycles. The molecule has 0 radical (unpaired) electrons. The van der Waals surface area contributed by atoms with E-state index in [2.05, 4.69) is 5.32 Å². The fourth-order valence-corrected chi connectivity index (χ4v) is 3.13. The first-order valence-corrected chi connectivity index (χ1v) is 8.02. The van der Waals surface area contributed by atoms with Crippen molar-refractivity contribution in [2.24, 2.45) is 5.92 Å². The van der Waals surface area contributed by atoms with Gasteiger partial charge in [-0.3, -0.25) is 9.69 Å².